The van der Waals surface area contributed by atoms with Crippen LogP contribution in [-0.4, -0.2) is 16.7 Å². The van der Waals surface area contributed by atoms with Gasteiger partial charge in [0.15, 0.2) is 0 Å². The van der Waals surface area contributed by atoms with Crippen LogP contribution in [0.15, 0.2) is 58.6 Å². The lowest BCUT2D eigenvalue weighted by molar-refractivity contribution is -0.118. The number of carbonyl (C=O) groups is 1. The van der Waals surface area contributed by atoms with Gasteiger partial charge in [0.05, 0.1) is 11.4 Å². The number of rotatable bonds is 1. The first kappa shape index (κ1) is 12.3. The summed E-state index contributed by atoms with van der Waals surface area (Å²) in [6.45, 7) is 0. The summed E-state index contributed by atoms with van der Waals surface area (Å²) in [7, 11) is 0. The van der Waals surface area contributed by atoms with E-state index in [9.17, 15) is 4.79 Å². The molecule has 1 aromatic rings. The predicted molar refractivity (Wildman–Crippen MR) is 80.5 cm³/mol. The summed E-state index contributed by atoms with van der Waals surface area (Å²) in [5.74, 6) is -0.576. The molecule has 0 saturated heterocycles. The van der Waals surface area contributed by atoms with Crippen LogP contribution < -0.4 is 4.90 Å². The number of hydrogen-bond donors (Lipinski definition) is 0. The highest BCUT2D eigenvalue weighted by Crippen LogP contribution is 2.27. The minimum atomic E-state index is -0.454. The number of thiocarbonyl (C=S) groups is 1. The second kappa shape index (κ2) is 4.72. The maximum absolute atomic E-state index is 12.5. The van der Waals surface area contributed by atoms with E-state index in [1.165, 1.54) is 4.90 Å². The molecule has 1 aliphatic heterocycles. The van der Waals surface area contributed by atoms with Gasteiger partial charge in [-0.25, -0.2) is 4.99 Å². The molecule has 0 radical (unpaired) electrons. The molecule has 0 aromatic heterocycles. The molecule has 1 aliphatic carbocycles. The maximum Gasteiger partial charge on any atom is 0.246 e. The van der Waals surface area contributed by atoms with Crippen molar-refractivity contribution >= 4 is 46.2 Å². The van der Waals surface area contributed by atoms with Crippen molar-refractivity contribution in [1.82, 2.24) is 0 Å². The van der Waals surface area contributed by atoms with Crippen LogP contribution in [0.4, 0.5) is 5.69 Å². The van der Waals surface area contributed by atoms with Crippen molar-refractivity contribution in [3.8, 4) is 0 Å². The van der Waals surface area contributed by atoms with Gasteiger partial charge in [0.2, 0.25) is 11.0 Å². The van der Waals surface area contributed by atoms with Gasteiger partial charge in [0.25, 0.3) is 0 Å². The minimum absolute atomic E-state index is 0.122. The first-order valence-corrected chi connectivity index (χ1v) is 6.52. The van der Waals surface area contributed by atoms with Crippen LogP contribution in [-0.2, 0) is 4.79 Å². The van der Waals surface area contributed by atoms with Gasteiger partial charge in [-0.2, -0.15) is 0 Å². The number of amides is 1. The van der Waals surface area contributed by atoms with E-state index in [2.05, 4.69) is 4.99 Å². The van der Waals surface area contributed by atoms with E-state index in [-0.39, 0.29) is 11.0 Å². The Morgan fingerprint density at radius 3 is 2.68 bits per heavy atom. The topological polar surface area (TPSA) is 32.7 Å². The first-order chi connectivity index (χ1) is 9.16. The fourth-order valence-corrected chi connectivity index (χ4v) is 2.57. The highest BCUT2D eigenvalue weighted by Gasteiger charge is 2.35. The quantitative estimate of drug-likeness (QED) is 0.744. The number of anilines is 1. The summed E-state index contributed by atoms with van der Waals surface area (Å²) < 4.78 is 0. The van der Waals surface area contributed by atoms with E-state index >= 15 is 0 Å². The fourth-order valence-electron chi connectivity index (χ4n) is 2.08. The highest BCUT2D eigenvalue weighted by atomic mass is 35.5. The number of fused-ring (bicyclic) bond motifs is 1. The van der Waals surface area contributed by atoms with Crippen molar-refractivity contribution in [2.45, 2.75) is 0 Å². The SMILES string of the molecule is O=C1C2C=C(Cl)C=CC2=NC(=S)N1c1ccccc1. The highest BCUT2D eigenvalue weighted by molar-refractivity contribution is 7.80. The molecule has 2 aliphatic rings. The molecule has 1 aromatic carbocycles. The van der Waals surface area contributed by atoms with Crippen LogP contribution in [0.5, 0.6) is 0 Å². The van der Waals surface area contributed by atoms with Gasteiger partial charge in [-0.1, -0.05) is 29.8 Å². The second-order valence-electron chi connectivity index (χ2n) is 4.19. The van der Waals surface area contributed by atoms with Gasteiger partial charge < -0.3 is 0 Å². The normalized spacial score (nSPS) is 21.9. The molecule has 0 bridgehead atoms. The van der Waals surface area contributed by atoms with E-state index < -0.39 is 5.92 Å². The molecular formula is C14H9ClN2OS. The number of benzene rings is 1. The Labute approximate surface area is 120 Å². The van der Waals surface area contributed by atoms with E-state index in [0.717, 1.165) is 5.69 Å². The van der Waals surface area contributed by atoms with Crippen LogP contribution in [0.3, 0.4) is 0 Å². The third kappa shape index (κ3) is 2.13. The molecule has 0 fully saturated rings. The number of allylic oxidation sites excluding steroid dienone is 3. The first-order valence-electron chi connectivity index (χ1n) is 5.74. The summed E-state index contributed by atoms with van der Waals surface area (Å²) in [4.78, 5) is 18.3. The van der Waals surface area contributed by atoms with E-state index in [1.54, 1.807) is 18.2 Å². The number of para-hydroxylation sites is 1. The number of halogens is 1. The average Bonchev–Trinajstić information content (AvgIpc) is 2.41. The minimum Gasteiger partial charge on any atom is -0.273 e. The number of hydrogen-bond acceptors (Lipinski definition) is 2. The Hall–Kier alpha value is -1.78. The third-order valence-electron chi connectivity index (χ3n) is 2.97. The van der Waals surface area contributed by atoms with Crippen molar-refractivity contribution in [3.05, 3.63) is 53.6 Å². The van der Waals surface area contributed by atoms with Crippen LogP contribution in [0.2, 0.25) is 0 Å². The van der Waals surface area contributed by atoms with E-state index in [1.807, 2.05) is 30.3 Å². The van der Waals surface area contributed by atoms with Crippen molar-refractivity contribution in [1.29, 1.82) is 0 Å². The molecule has 94 valence electrons. The predicted octanol–water partition coefficient (Wildman–Crippen LogP) is 3.07. The van der Waals surface area contributed by atoms with Gasteiger partial charge in [0, 0.05) is 5.03 Å². The second-order valence-corrected chi connectivity index (χ2v) is 4.99. The molecule has 0 N–H and O–H groups in total. The molecule has 5 heteroatoms. The van der Waals surface area contributed by atoms with Gasteiger partial charge >= 0.3 is 0 Å². The molecule has 3 rings (SSSR count). The van der Waals surface area contributed by atoms with Crippen LogP contribution >= 0.6 is 23.8 Å². The number of carbonyl (C=O) groups excluding carboxylic acids is 1. The average molecular weight is 289 g/mol. The van der Waals surface area contributed by atoms with Gasteiger partial charge in [0.1, 0.15) is 5.92 Å². The smallest absolute Gasteiger partial charge is 0.246 e. The molecule has 1 atom stereocenters. The summed E-state index contributed by atoms with van der Waals surface area (Å²) in [5, 5.41) is 0.802. The summed E-state index contributed by atoms with van der Waals surface area (Å²) >= 11 is 11.2. The molecular weight excluding hydrogens is 280 g/mol. The monoisotopic (exact) mass is 288 g/mol. The Balaban J connectivity index is 2.06. The largest absolute Gasteiger partial charge is 0.273 e. The Morgan fingerprint density at radius 2 is 1.95 bits per heavy atom. The van der Waals surface area contributed by atoms with Crippen LogP contribution in [0, 0.1) is 5.92 Å². The molecule has 0 spiro atoms. The fraction of sp³-hybridized carbons (Fsp3) is 0.0714. The van der Waals surface area contributed by atoms with Crippen molar-refractivity contribution in [2.75, 3.05) is 4.90 Å². The van der Waals surface area contributed by atoms with Gasteiger partial charge in [-0.15, -0.1) is 0 Å². The number of aliphatic imine (C=N–C) groups is 1. The van der Waals surface area contributed by atoms with Gasteiger partial charge in [-0.3, -0.25) is 9.69 Å². The molecule has 19 heavy (non-hydrogen) atoms. The maximum atomic E-state index is 12.5. The summed E-state index contributed by atoms with van der Waals surface area (Å²) in [6.07, 6.45) is 5.14. The third-order valence-corrected chi connectivity index (χ3v) is 3.50. The van der Waals surface area contributed by atoms with Crippen LogP contribution in [0.1, 0.15) is 0 Å². The standard InChI is InChI=1S/C14H9ClN2OS/c15-9-6-7-12-11(8-9)13(18)17(14(19)16-12)10-4-2-1-3-5-10/h1-8,11H. The molecule has 3 nitrogen and oxygen atoms in total. The molecule has 1 unspecified atom stereocenters. The van der Waals surface area contributed by atoms with Crippen molar-refractivity contribution in [2.24, 2.45) is 10.9 Å². The van der Waals surface area contributed by atoms with E-state index in [4.69, 9.17) is 23.8 Å². The lowest BCUT2D eigenvalue weighted by Gasteiger charge is -2.30. The van der Waals surface area contributed by atoms with Crippen molar-refractivity contribution in [3.63, 3.8) is 0 Å². The van der Waals surface area contributed by atoms with Crippen LogP contribution in [0.25, 0.3) is 0 Å². The zero-order valence-electron chi connectivity index (χ0n) is 9.79. The van der Waals surface area contributed by atoms with Gasteiger partial charge in [-0.05, 0) is 42.6 Å². The van der Waals surface area contributed by atoms with E-state index in [0.29, 0.717) is 10.7 Å². The molecule has 1 amide bonds. The Morgan fingerprint density at radius 1 is 1.21 bits per heavy atom. The zero-order valence-corrected chi connectivity index (χ0v) is 11.4. The van der Waals surface area contributed by atoms with Crippen molar-refractivity contribution < 1.29 is 4.79 Å². The Kier molecular flexibility index (Phi) is 3.05. The lowest BCUT2D eigenvalue weighted by Crippen LogP contribution is -2.46. The Bertz CT molecular complexity index is 649. The summed E-state index contributed by atoms with van der Waals surface area (Å²) in [6, 6.07) is 9.25. The molecule has 0 saturated carbocycles. The lowest BCUT2D eigenvalue weighted by atomic mass is 9.95. The zero-order chi connectivity index (χ0) is 13.4. The molecule has 1 heterocycles. The summed E-state index contributed by atoms with van der Waals surface area (Å²) in [5.41, 5.74) is 1.37. The number of nitrogens with zero attached hydrogens (tertiary/aromatic N) is 2.